The zero-order valence-corrected chi connectivity index (χ0v) is 17.5. The van der Waals surface area contributed by atoms with Gasteiger partial charge in [0, 0.05) is 37.1 Å². The van der Waals surface area contributed by atoms with E-state index in [0.717, 1.165) is 37.8 Å². The monoisotopic (exact) mass is 426 g/mol. The van der Waals surface area contributed by atoms with Gasteiger partial charge in [0.15, 0.2) is 5.75 Å². The molecule has 0 saturated carbocycles. The summed E-state index contributed by atoms with van der Waals surface area (Å²) in [7, 11) is 1.56. The number of piperidine rings is 1. The normalized spacial score (nSPS) is 23.6. The van der Waals surface area contributed by atoms with Crippen LogP contribution in [-0.4, -0.2) is 46.0 Å². The number of carbonyl (C=O) groups is 1. The minimum Gasteiger partial charge on any atom is -0.493 e. The summed E-state index contributed by atoms with van der Waals surface area (Å²) < 4.78 is 18.7. The molecular weight excluding hydrogens is 403 g/mol. The first-order chi connectivity index (χ1) is 14.6. The lowest BCUT2D eigenvalue weighted by Gasteiger charge is -2.39. The van der Waals surface area contributed by atoms with Gasteiger partial charge in [-0.2, -0.15) is 0 Å². The van der Waals surface area contributed by atoms with Crippen molar-refractivity contribution in [3.8, 4) is 5.75 Å². The molecule has 0 radical (unpaired) electrons. The van der Waals surface area contributed by atoms with Gasteiger partial charge in [0.25, 0.3) is 5.91 Å². The molecule has 8 heteroatoms. The molecule has 2 aromatic heterocycles. The molecule has 0 aliphatic carbocycles. The lowest BCUT2D eigenvalue weighted by atomic mass is 9.96. The molecule has 2 saturated heterocycles. The van der Waals surface area contributed by atoms with E-state index in [4.69, 9.17) is 4.74 Å². The Labute approximate surface area is 178 Å². The summed E-state index contributed by atoms with van der Waals surface area (Å²) in [6.07, 6.45) is 7.35. The van der Waals surface area contributed by atoms with Crippen molar-refractivity contribution < 1.29 is 13.9 Å². The number of nitrogens with one attached hydrogen (secondary N) is 1. The van der Waals surface area contributed by atoms with Gasteiger partial charge in [-0.1, -0.05) is 12.1 Å². The first kappa shape index (κ1) is 19.4. The van der Waals surface area contributed by atoms with Gasteiger partial charge >= 0.3 is 0 Å². The van der Waals surface area contributed by atoms with Crippen molar-refractivity contribution in [2.75, 3.05) is 7.11 Å². The number of ether oxygens (including phenoxy) is 1. The van der Waals surface area contributed by atoms with Crippen LogP contribution in [-0.2, 0) is 6.54 Å². The van der Waals surface area contributed by atoms with Crippen molar-refractivity contribution in [1.29, 1.82) is 0 Å². The lowest BCUT2D eigenvalue weighted by Crippen LogP contribution is -2.49. The highest BCUT2D eigenvalue weighted by Gasteiger charge is 2.41. The summed E-state index contributed by atoms with van der Waals surface area (Å²) in [5.41, 5.74) is 1.76. The summed E-state index contributed by atoms with van der Waals surface area (Å²) >= 11 is 1.31. The van der Waals surface area contributed by atoms with Gasteiger partial charge in [0.05, 0.1) is 7.11 Å². The summed E-state index contributed by atoms with van der Waals surface area (Å²) in [5, 5.41) is 3.22. The number of benzene rings is 1. The van der Waals surface area contributed by atoms with Crippen LogP contribution < -0.4 is 10.1 Å². The number of methoxy groups -OCH3 is 1. The fourth-order valence-electron chi connectivity index (χ4n) is 4.85. The molecule has 1 aromatic carbocycles. The first-order valence-electron chi connectivity index (χ1n) is 10.2. The highest BCUT2D eigenvalue weighted by molar-refractivity contribution is 7.20. The highest BCUT2D eigenvalue weighted by atomic mass is 32.1. The smallest absolute Gasteiger partial charge is 0.265 e. The number of halogens is 1. The van der Waals surface area contributed by atoms with E-state index in [9.17, 15) is 9.18 Å². The van der Waals surface area contributed by atoms with Crippen LogP contribution in [0.1, 0.15) is 40.9 Å². The van der Waals surface area contributed by atoms with Gasteiger partial charge in [-0.15, -0.1) is 11.3 Å². The molecule has 1 amide bonds. The molecule has 0 spiro atoms. The standard InChI is InChI=1S/C22H23FN4O2S/c1-29-19-18-22(25-9-8-24-18)30-20(19)21(28)26-15-10-16-6-7-17(11-15)27(16)12-13-2-4-14(23)5-3-13/h2-5,8-9,15-17H,6-7,10-12H2,1H3,(H,26,28). The average Bonchev–Trinajstić information content (AvgIpc) is 3.23. The number of hydrogen-bond acceptors (Lipinski definition) is 6. The fourth-order valence-corrected chi connectivity index (χ4v) is 5.82. The zero-order chi connectivity index (χ0) is 20.7. The van der Waals surface area contributed by atoms with E-state index in [0.29, 0.717) is 33.1 Å². The first-order valence-corrected chi connectivity index (χ1v) is 11.0. The number of nitrogens with zero attached hydrogens (tertiary/aromatic N) is 3. The number of amides is 1. The maximum Gasteiger partial charge on any atom is 0.265 e. The third-order valence-corrected chi connectivity index (χ3v) is 7.26. The Balaban J connectivity index is 1.28. The van der Waals surface area contributed by atoms with E-state index in [1.807, 2.05) is 12.1 Å². The van der Waals surface area contributed by atoms with Crippen molar-refractivity contribution in [3.05, 3.63) is 52.9 Å². The summed E-state index contributed by atoms with van der Waals surface area (Å²) in [6, 6.07) is 7.77. The third kappa shape index (κ3) is 3.54. The van der Waals surface area contributed by atoms with Gasteiger partial charge in [0.1, 0.15) is 21.0 Å². The van der Waals surface area contributed by atoms with E-state index in [-0.39, 0.29) is 17.8 Å². The molecule has 2 fully saturated rings. The molecule has 2 bridgehead atoms. The zero-order valence-electron chi connectivity index (χ0n) is 16.7. The van der Waals surface area contributed by atoms with Gasteiger partial charge < -0.3 is 10.1 Å². The minimum atomic E-state index is -0.204. The van der Waals surface area contributed by atoms with Crippen LogP contribution in [0, 0.1) is 5.82 Å². The Morgan fingerprint density at radius 2 is 1.90 bits per heavy atom. The Bertz CT molecular complexity index is 1060. The maximum atomic E-state index is 13.2. The number of fused-ring (bicyclic) bond motifs is 3. The van der Waals surface area contributed by atoms with Gasteiger partial charge in [-0.3, -0.25) is 9.69 Å². The topological polar surface area (TPSA) is 67.3 Å². The molecule has 156 valence electrons. The lowest BCUT2D eigenvalue weighted by molar-refractivity contribution is 0.0829. The van der Waals surface area contributed by atoms with Gasteiger partial charge in [-0.25, -0.2) is 14.4 Å². The molecule has 2 atom stereocenters. The van der Waals surface area contributed by atoms with Gasteiger partial charge in [-0.05, 0) is 43.4 Å². The molecule has 5 rings (SSSR count). The minimum absolute atomic E-state index is 0.118. The maximum absolute atomic E-state index is 13.2. The van der Waals surface area contributed by atoms with Crippen molar-refractivity contribution in [3.63, 3.8) is 0 Å². The molecule has 2 aliphatic rings. The van der Waals surface area contributed by atoms with Crippen molar-refractivity contribution >= 4 is 27.6 Å². The van der Waals surface area contributed by atoms with E-state index in [1.54, 1.807) is 19.5 Å². The molecule has 30 heavy (non-hydrogen) atoms. The third-order valence-electron chi connectivity index (χ3n) is 6.19. The van der Waals surface area contributed by atoms with Crippen LogP contribution in [0.4, 0.5) is 4.39 Å². The predicted molar refractivity (Wildman–Crippen MR) is 113 cm³/mol. The van der Waals surface area contributed by atoms with Crippen LogP contribution >= 0.6 is 11.3 Å². The van der Waals surface area contributed by atoms with Crippen LogP contribution in [0.2, 0.25) is 0 Å². The fraction of sp³-hybridized carbons (Fsp3) is 0.409. The quantitative estimate of drug-likeness (QED) is 0.673. The van der Waals surface area contributed by atoms with E-state index in [2.05, 4.69) is 20.2 Å². The Hall–Kier alpha value is -2.58. The van der Waals surface area contributed by atoms with E-state index >= 15 is 0 Å². The average molecular weight is 427 g/mol. The van der Waals surface area contributed by atoms with Gasteiger partial charge in [0.2, 0.25) is 0 Å². The number of hydrogen-bond donors (Lipinski definition) is 1. The summed E-state index contributed by atoms with van der Waals surface area (Å²) in [4.78, 5) is 25.4. The van der Waals surface area contributed by atoms with Crippen LogP contribution in [0.5, 0.6) is 5.75 Å². The molecule has 1 N–H and O–H groups in total. The molecule has 2 aliphatic heterocycles. The second kappa shape index (κ2) is 7.92. The Kier molecular flexibility index (Phi) is 5.12. The van der Waals surface area contributed by atoms with E-state index in [1.165, 1.54) is 23.5 Å². The largest absolute Gasteiger partial charge is 0.493 e. The summed E-state index contributed by atoms with van der Waals surface area (Å²) in [6.45, 7) is 0.831. The second-order valence-corrected chi connectivity index (χ2v) is 9.00. The van der Waals surface area contributed by atoms with Crippen LogP contribution in [0.15, 0.2) is 36.7 Å². The molecule has 6 nitrogen and oxygen atoms in total. The number of thiophene rings is 1. The number of carbonyl (C=O) groups excluding carboxylic acids is 1. The van der Waals surface area contributed by atoms with Crippen LogP contribution in [0.25, 0.3) is 10.3 Å². The van der Waals surface area contributed by atoms with Crippen molar-refractivity contribution in [2.45, 2.75) is 50.4 Å². The number of rotatable bonds is 5. The van der Waals surface area contributed by atoms with Crippen LogP contribution in [0.3, 0.4) is 0 Å². The molecule has 4 heterocycles. The highest BCUT2D eigenvalue weighted by Crippen LogP contribution is 2.38. The van der Waals surface area contributed by atoms with Crippen molar-refractivity contribution in [2.24, 2.45) is 0 Å². The SMILES string of the molecule is COc1c(C(=O)NC2CC3CCC(C2)N3Cc2ccc(F)cc2)sc2nccnc12. The molecular formula is C22H23FN4O2S. The molecule has 3 aromatic rings. The summed E-state index contributed by atoms with van der Waals surface area (Å²) in [5.74, 6) is 0.176. The Morgan fingerprint density at radius 1 is 1.20 bits per heavy atom. The number of aromatic nitrogens is 2. The molecule has 2 unspecified atom stereocenters. The second-order valence-electron chi connectivity index (χ2n) is 8.00. The predicted octanol–water partition coefficient (Wildman–Crippen LogP) is 3.76. The van der Waals surface area contributed by atoms with E-state index < -0.39 is 0 Å². The Morgan fingerprint density at radius 3 is 2.60 bits per heavy atom. The van der Waals surface area contributed by atoms with Crippen molar-refractivity contribution in [1.82, 2.24) is 20.2 Å².